The lowest BCUT2D eigenvalue weighted by atomic mass is 10.0. The smallest absolute Gasteiger partial charge is 0.269 e. The van der Waals surface area contributed by atoms with E-state index in [1.807, 2.05) is 31.2 Å². The van der Waals surface area contributed by atoms with Gasteiger partial charge in [-0.25, -0.2) is 0 Å². The number of amides is 1. The summed E-state index contributed by atoms with van der Waals surface area (Å²) in [6.07, 6.45) is 1.85. The number of likely N-dealkylation sites (tertiary alicyclic amines) is 1. The van der Waals surface area contributed by atoms with Gasteiger partial charge >= 0.3 is 0 Å². The van der Waals surface area contributed by atoms with E-state index in [0.717, 1.165) is 37.4 Å². The molecule has 2 aromatic rings. The van der Waals surface area contributed by atoms with E-state index >= 15 is 0 Å². The quantitative estimate of drug-likeness (QED) is 0.547. The van der Waals surface area contributed by atoms with Gasteiger partial charge in [-0.05, 0) is 44.0 Å². The van der Waals surface area contributed by atoms with E-state index in [1.165, 1.54) is 12.1 Å². The normalized spacial score (nSPS) is 16.1. The predicted molar refractivity (Wildman–Crippen MR) is 112 cm³/mol. The molecule has 2 aromatic carbocycles. The van der Waals surface area contributed by atoms with Crippen LogP contribution in [-0.2, 0) is 4.79 Å². The minimum atomic E-state index is -0.461. The van der Waals surface area contributed by atoms with Gasteiger partial charge in [-0.1, -0.05) is 12.1 Å². The summed E-state index contributed by atoms with van der Waals surface area (Å²) in [5, 5.41) is 17.1. The van der Waals surface area contributed by atoms with Crippen LogP contribution in [0.4, 0.5) is 17.1 Å². The number of nitrogens with one attached hydrogen (secondary N) is 2. The highest BCUT2D eigenvalue weighted by atomic mass is 16.6. The van der Waals surface area contributed by atoms with Gasteiger partial charge in [0.15, 0.2) is 0 Å². The van der Waals surface area contributed by atoms with Crippen molar-refractivity contribution in [2.75, 3.05) is 30.8 Å². The Balaban J connectivity index is 1.50. The van der Waals surface area contributed by atoms with Crippen LogP contribution < -0.4 is 15.4 Å². The zero-order chi connectivity index (χ0) is 20.8. The SMILES string of the molecule is COc1ccccc1NC1CCN(C(C)C(=O)Nc2ccc([N+](=O)[O-])cc2)CC1. The minimum absolute atomic E-state index is 0.000617. The molecule has 2 N–H and O–H groups in total. The van der Waals surface area contributed by atoms with Crippen LogP contribution in [0.3, 0.4) is 0 Å². The number of carbonyl (C=O) groups excluding carboxylic acids is 1. The predicted octanol–water partition coefficient (Wildman–Crippen LogP) is 3.51. The van der Waals surface area contributed by atoms with Crippen molar-refractivity contribution < 1.29 is 14.5 Å². The average molecular weight is 398 g/mol. The van der Waals surface area contributed by atoms with Crippen LogP contribution in [0.5, 0.6) is 5.75 Å². The Morgan fingerprint density at radius 2 is 1.83 bits per heavy atom. The molecular formula is C21H26N4O4. The van der Waals surface area contributed by atoms with Crippen molar-refractivity contribution in [2.24, 2.45) is 0 Å². The number of hydrogen-bond acceptors (Lipinski definition) is 6. The molecule has 1 aliphatic rings. The Hall–Kier alpha value is -3.13. The van der Waals surface area contributed by atoms with Crippen LogP contribution in [0.25, 0.3) is 0 Å². The lowest BCUT2D eigenvalue weighted by Crippen LogP contribution is -2.48. The zero-order valence-corrected chi connectivity index (χ0v) is 16.6. The molecule has 0 aliphatic carbocycles. The minimum Gasteiger partial charge on any atom is -0.495 e. The van der Waals surface area contributed by atoms with Crippen LogP contribution in [0.1, 0.15) is 19.8 Å². The van der Waals surface area contributed by atoms with E-state index in [4.69, 9.17) is 4.74 Å². The number of ether oxygens (including phenoxy) is 1. The summed E-state index contributed by atoms with van der Waals surface area (Å²) >= 11 is 0. The van der Waals surface area contributed by atoms with E-state index in [0.29, 0.717) is 11.7 Å². The first-order chi connectivity index (χ1) is 14.0. The topological polar surface area (TPSA) is 96.7 Å². The molecule has 0 spiro atoms. The monoisotopic (exact) mass is 398 g/mol. The molecule has 1 fully saturated rings. The third kappa shape index (κ3) is 5.23. The molecule has 8 nitrogen and oxygen atoms in total. The standard InChI is InChI=1S/C21H26N4O4/c1-15(21(26)23-16-7-9-18(10-8-16)25(27)28)24-13-11-17(12-14-24)22-19-5-3-4-6-20(19)29-2/h3-10,15,17,22H,11-14H2,1-2H3,(H,23,26). The Morgan fingerprint density at radius 3 is 2.45 bits per heavy atom. The summed E-state index contributed by atoms with van der Waals surface area (Å²) in [5.41, 5.74) is 1.54. The van der Waals surface area contributed by atoms with Crippen molar-refractivity contribution in [1.29, 1.82) is 0 Å². The highest BCUT2D eigenvalue weighted by Crippen LogP contribution is 2.26. The van der Waals surface area contributed by atoms with Gasteiger partial charge in [-0.2, -0.15) is 0 Å². The molecule has 8 heteroatoms. The number of non-ortho nitro benzene ring substituents is 1. The Bertz CT molecular complexity index is 848. The molecule has 0 radical (unpaired) electrons. The second-order valence-electron chi connectivity index (χ2n) is 7.12. The van der Waals surface area contributed by atoms with E-state index in [1.54, 1.807) is 19.2 Å². The molecule has 1 atom stereocenters. The highest BCUT2D eigenvalue weighted by molar-refractivity contribution is 5.94. The van der Waals surface area contributed by atoms with Gasteiger partial charge in [0, 0.05) is 37.0 Å². The molecule has 1 amide bonds. The highest BCUT2D eigenvalue weighted by Gasteiger charge is 2.27. The fraction of sp³-hybridized carbons (Fsp3) is 0.381. The van der Waals surface area contributed by atoms with Gasteiger partial charge in [0.1, 0.15) is 5.75 Å². The first-order valence-corrected chi connectivity index (χ1v) is 9.67. The van der Waals surface area contributed by atoms with E-state index in [9.17, 15) is 14.9 Å². The number of nitro groups is 1. The van der Waals surface area contributed by atoms with Gasteiger partial charge in [-0.15, -0.1) is 0 Å². The fourth-order valence-electron chi connectivity index (χ4n) is 3.49. The van der Waals surface area contributed by atoms with Crippen molar-refractivity contribution in [1.82, 2.24) is 4.90 Å². The maximum absolute atomic E-state index is 12.6. The summed E-state index contributed by atoms with van der Waals surface area (Å²) < 4.78 is 5.39. The summed E-state index contributed by atoms with van der Waals surface area (Å²) in [6, 6.07) is 13.8. The van der Waals surface area contributed by atoms with Crippen LogP contribution >= 0.6 is 0 Å². The van der Waals surface area contributed by atoms with E-state index in [2.05, 4.69) is 15.5 Å². The Kier molecular flexibility index (Phi) is 6.66. The summed E-state index contributed by atoms with van der Waals surface area (Å²) in [4.78, 5) is 25.0. The van der Waals surface area contributed by atoms with Crippen molar-refractivity contribution in [3.05, 3.63) is 58.6 Å². The largest absolute Gasteiger partial charge is 0.495 e. The van der Waals surface area contributed by atoms with Crippen molar-refractivity contribution in [3.8, 4) is 5.75 Å². The van der Waals surface area contributed by atoms with Gasteiger partial charge < -0.3 is 15.4 Å². The lowest BCUT2D eigenvalue weighted by Gasteiger charge is -2.36. The molecule has 0 saturated carbocycles. The molecule has 1 saturated heterocycles. The molecule has 1 unspecified atom stereocenters. The maximum Gasteiger partial charge on any atom is 0.269 e. The molecule has 3 rings (SSSR count). The first-order valence-electron chi connectivity index (χ1n) is 9.67. The number of benzene rings is 2. The maximum atomic E-state index is 12.6. The number of nitro benzene ring substituents is 1. The molecule has 0 aromatic heterocycles. The fourth-order valence-corrected chi connectivity index (χ4v) is 3.49. The number of carbonyl (C=O) groups is 1. The van der Waals surface area contributed by atoms with Crippen molar-refractivity contribution >= 4 is 23.0 Å². The second-order valence-corrected chi connectivity index (χ2v) is 7.12. The number of para-hydroxylation sites is 2. The molecule has 0 bridgehead atoms. The molecule has 154 valence electrons. The number of piperidine rings is 1. The zero-order valence-electron chi connectivity index (χ0n) is 16.6. The van der Waals surface area contributed by atoms with Crippen LogP contribution in [0.2, 0.25) is 0 Å². The van der Waals surface area contributed by atoms with Gasteiger partial charge in [0.05, 0.1) is 23.8 Å². The molecule has 1 aliphatic heterocycles. The first kappa shape index (κ1) is 20.6. The van der Waals surface area contributed by atoms with Gasteiger partial charge in [0.2, 0.25) is 5.91 Å². The Labute approximate surface area is 170 Å². The number of hydrogen-bond donors (Lipinski definition) is 2. The summed E-state index contributed by atoms with van der Waals surface area (Å²) in [5.74, 6) is 0.709. The molecule has 29 heavy (non-hydrogen) atoms. The third-order valence-electron chi connectivity index (χ3n) is 5.27. The van der Waals surface area contributed by atoms with Crippen molar-refractivity contribution in [3.63, 3.8) is 0 Å². The lowest BCUT2D eigenvalue weighted by molar-refractivity contribution is -0.384. The van der Waals surface area contributed by atoms with Crippen molar-refractivity contribution in [2.45, 2.75) is 31.8 Å². The van der Waals surface area contributed by atoms with E-state index in [-0.39, 0.29) is 17.6 Å². The van der Waals surface area contributed by atoms with Crippen LogP contribution in [-0.4, -0.2) is 48.0 Å². The number of rotatable bonds is 7. The van der Waals surface area contributed by atoms with Crippen LogP contribution in [0, 0.1) is 10.1 Å². The second kappa shape index (κ2) is 9.38. The van der Waals surface area contributed by atoms with Gasteiger partial charge in [0.25, 0.3) is 5.69 Å². The molecule has 1 heterocycles. The Morgan fingerprint density at radius 1 is 1.17 bits per heavy atom. The summed E-state index contributed by atoms with van der Waals surface area (Å²) in [7, 11) is 1.66. The number of methoxy groups -OCH3 is 1. The number of nitrogens with zero attached hydrogens (tertiary/aromatic N) is 2. The molecular weight excluding hydrogens is 372 g/mol. The number of anilines is 2. The average Bonchev–Trinajstić information content (AvgIpc) is 2.74. The third-order valence-corrected chi connectivity index (χ3v) is 5.27. The van der Waals surface area contributed by atoms with E-state index < -0.39 is 4.92 Å². The van der Waals surface area contributed by atoms with Crippen LogP contribution in [0.15, 0.2) is 48.5 Å². The summed E-state index contributed by atoms with van der Waals surface area (Å²) in [6.45, 7) is 3.50. The van der Waals surface area contributed by atoms with Gasteiger partial charge in [-0.3, -0.25) is 19.8 Å².